The third-order valence-corrected chi connectivity index (χ3v) is 6.87. The maximum absolute atomic E-state index is 13.9. The third kappa shape index (κ3) is 4.23. The number of amides is 4. The molecule has 2 aliphatic rings. The van der Waals surface area contributed by atoms with Gasteiger partial charge in [-0.1, -0.05) is 54.6 Å². The molecule has 2 heterocycles. The van der Waals surface area contributed by atoms with E-state index in [2.05, 4.69) is 0 Å². The van der Waals surface area contributed by atoms with Crippen LogP contribution in [0.4, 0.5) is 26.7 Å². The van der Waals surface area contributed by atoms with E-state index in [9.17, 15) is 9.59 Å². The van der Waals surface area contributed by atoms with Gasteiger partial charge >= 0.3 is 12.1 Å². The quantitative estimate of drug-likeness (QED) is 0.507. The van der Waals surface area contributed by atoms with Crippen molar-refractivity contribution < 1.29 is 9.59 Å². The fraction of sp³-hybridized carbons (Fsp3) is 0.286. The average molecular weight is 455 g/mol. The Balaban J connectivity index is 1.39. The molecule has 2 atom stereocenters. The molecular formula is C28H30N4O2. The zero-order valence-corrected chi connectivity index (χ0v) is 19.5. The fourth-order valence-corrected chi connectivity index (χ4v) is 5.18. The third-order valence-electron chi connectivity index (χ3n) is 6.87. The first-order valence-electron chi connectivity index (χ1n) is 11.9. The maximum atomic E-state index is 13.9. The molecule has 0 radical (unpaired) electrons. The molecule has 3 aromatic carbocycles. The number of benzene rings is 3. The van der Waals surface area contributed by atoms with Crippen LogP contribution in [0.5, 0.6) is 0 Å². The average Bonchev–Trinajstić information content (AvgIpc) is 2.89. The van der Waals surface area contributed by atoms with Crippen LogP contribution in [0.15, 0.2) is 91.0 Å². The van der Waals surface area contributed by atoms with Crippen LogP contribution in [0.1, 0.15) is 19.3 Å². The van der Waals surface area contributed by atoms with E-state index >= 15 is 0 Å². The number of likely N-dealkylation sites (tertiary alicyclic amines) is 1. The van der Waals surface area contributed by atoms with Gasteiger partial charge in [0.05, 0.1) is 23.5 Å². The van der Waals surface area contributed by atoms with Gasteiger partial charge in [-0.05, 0) is 55.7 Å². The fourth-order valence-electron chi connectivity index (χ4n) is 5.18. The number of nitrogens with zero attached hydrogens (tertiary/aromatic N) is 4. The molecule has 0 unspecified atom stereocenters. The van der Waals surface area contributed by atoms with Crippen LogP contribution in [0.2, 0.25) is 0 Å². The molecule has 0 aliphatic carbocycles. The Morgan fingerprint density at radius 1 is 0.676 bits per heavy atom. The largest absolute Gasteiger partial charge is 0.329 e. The molecule has 2 fully saturated rings. The van der Waals surface area contributed by atoms with Gasteiger partial charge < -0.3 is 9.80 Å². The molecule has 6 nitrogen and oxygen atoms in total. The number of carbonyl (C=O) groups excluding carboxylic acids is 2. The number of carbonyl (C=O) groups is 2. The molecule has 0 N–H and O–H groups in total. The standard InChI is InChI=1S/C28H30N4O2/c1-29(22-12-5-2-6-13-22)27(33)32-25-18-11-19-26(32)21-30(20-25)28(34)31(23-14-7-3-8-15-23)24-16-9-4-10-17-24/h2-10,12-17,25-26H,11,18-21H2,1H3/t25-,26+. The predicted molar refractivity (Wildman–Crippen MR) is 135 cm³/mol. The summed E-state index contributed by atoms with van der Waals surface area (Å²) in [6, 6.07) is 29.3. The predicted octanol–water partition coefficient (Wildman–Crippen LogP) is 5.74. The first-order chi connectivity index (χ1) is 16.6. The lowest BCUT2D eigenvalue weighted by atomic mass is 9.91. The highest BCUT2D eigenvalue weighted by molar-refractivity contribution is 5.99. The molecule has 0 aromatic heterocycles. The SMILES string of the molecule is CN(C(=O)N1[C@@H]2CCC[C@H]1CN(C(=O)N(c1ccccc1)c1ccccc1)C2)c1ccccc1. The number of hydrogen-bond acceptors (Lipinski definition) is 2. The van der Waals surface area contributed by atoms with E-state index in [4.69, 9.17) is 0 Å². The van der Waals surface area contributed by atoms with Gasteiger partial charge in [0.1, 0.15) is 0 Å². The van der Waals surface area contributed by atoms with Gasteiger partial charge in [0.15, 0.2) is 0 Å². The second-order valence-corrected chi connectivity index (χ2v) is 9.02. The molecular weight excluding hydrogens is 424 g/mol. The first-order valence-corrected chi connectivity index (χ1v) is 11.9. The maximum Gasteiger partial charge on any atom is 0.329 e. The van der Waals surface area contributed by atoms with Gasteiger partial charge in [0.2, 0.25) is 0 Å². The van der Waals surface area contributed by atoms with Crippen molar-refractivity contribution in [2.75, 3.05) is 29.9 Å². The highest BCUT2D eigenvalue weighted by atomic mass is 16.2. The zero-order valence-electron chi connectivity index (χ0n) is 19.5. The normalized spacial score (nSPS) is 19.4. The molecule has 0 spiro atoms. The topological polar surface area (TPSA) is 47.1 Å². The summed E-state index contributed by atoms with van der Waals surface area (Å²) >= 11 is 0. The molecule has 34 heavy (non-hydrogen) atoms. The van der Waals surface area contributed by atoms with Gasteiger partial charge in [-0.2, -0.15) is 0 Å². The molecule has 0 saturated carbocycles. The summed E-state index contributed by atoms with van der Waals surface area (Å²) < 4.78 is 0. The van der Waals surface area contributed by atoms with Gasteiger partial charge in [0, 0.05) is 25.8 Å². The van der Waals surface area contributed by atoms with Crippen LogP contribution in [-0.2, 0) is 0 Å². The van der Waals surface area contributed by atoms with Crippen molar-refractivity contribution in [3.8, 4) is 0 Å². The number of hydrogen-bond donors (Lipinski definition) is 0. The van der Waals surface area contributed by atoms with Gasteiger partial charge in [-0.25, -0.2) is 9.59 Å². The van der Waals surface area contributed by atoms with E-state index in [1.807, 2.05) is 108 Å². The van der Waals surface area contributed by atoms with Crippen LogP contribution in [-0.4, -0.2) is 54.1 Å². The Labute approximate surface area is 201 Å². The van der Waals surface area contributed by atoms with Crippen LogP contribution < -0.4 is 9.80 Å². The summed E-state index contributed by atoms with van der Waals surface area (Å²) in [7, 11) is 1.83. The lowest BCUT2D eigenvalue weighted by Crippen LogP contribution is -2.66. The Morgan fingerprint density at radius 3 is 1.59 bits per heavy atom. The Morgan fingerprint density at radius 2 is 1.12 bits per heavy atom. The van der Waals surface area contributed by atoms with Gasteiger partial charge in [0.25, 0.3) is 0 Å². The Hall–Kier alpha value is -3.80. The summed E-state index contributed by atoms with van der Waals surface area (Å²) in [5.74, 6) is 0. The molecule has 4 amide bonds. The van der Waals surface area contributed by atoms with Crippen LogP contribution in [0.3, 0.4) is 0 Å². The summed E-state index contributed by atoms with van der Waals surface area (Å²) in [4.78, 5) is 34.9. The van der Waals surface area contributed by atoms with Gasteiger partial charge in [-0.15, -0.1) is 0 Å². The van der Waals surface area contributed by atoms with Crippen LogP contribution >= 0.6 is 0 Å². The second kappa shape index (κ2) is 9.59. The Bertz CT molecular complexity index is 1070. The van der Waals surface area contributed by atoms with Crippen molar-refractivity contribution in [3.05, 3.63) is 91.0 Å². The highest BCUT2D eigenvalue weighted by Crippen LogP contribution is 2.33. The number of para-hydroxylation sites is 3. The summed E-state index contributed by atoms with van der Waals surface area (Å²) in [6.45, 7) is 1.08. The number of fused-ring (bicyclic) bond motifs is 2. The zero-order chi connectivity index (χ0) is 23.5. The molecule has 3 aromatic rings. The number of anilines is 3. The van der Waals surface area contributed by atoms with Crippen molar-refractivity contribution in [2.24, 2.45) is 0 Å². The van der Waals surface area contributed by atoms with E-state index in [0.29, 0.717) is 13.1 Å². The van der Waals surface area contributed by atoms with Gasteiger partial charge in [-0.3, -0.25) is 9.80 Å². The van der Waals surface area contributed by atoms with Crippen LogP contribution in [0, 0.1) is 0 Å². The lowest BCUT2D eigenvalue weighted by Gasteiger charge is -2.51. The summed E-state index contributed by atoms with van der Waals surface area (Å²) in [5.41, 5.74) is 2.56. The molecule has 174 valence electrons. The van der Waals surface area contributed by atoms with Crippen molar-refractivity contribution in [2.45, 2.75) is 31.3 Å². The van der Waals surface area contributed by atoms with E-state index in [-0.39, 0.29) is 24.1 Å². The molecule has 2 bridgehead atoms. The first kappa shape index (κ1) is 22.0. The second-order valence-electron chi connectivity index (χ2n) is 9.02. The smallest absolute Gasteiger partial charge is 0.320 e. The minimum atomic E-state index is -0.0437. The van der Waals surface area contributed by atoms with Crippen molar-refractivity contribution >= 4 is 29.1 Å². The Kier molecular flexibility index (Phi) is 6.21. The lowest BCUT2D eigenvalue weighted by molar-refractivity contribution is 0.0389. The minimum Gasteiger partial charge on any atom is -0.320 e. The number of rotatable bonds is 3. The van der Waals surface area contributed by atoms with E-state index in [0.717, 1.165) is 36.3 Å². The number of urea groups is 2. The van der Waals surface area contributed by atoms with Crippen molar-refractivity contribution in [1.29, 1.82) is 0 Å². The number of piperazine rings is 1. The van der Waals surface area contributed by atoms with Crippen LogP contribution in [0.25, 0.3) is 0 Å². The van der Waals surface area contributed by atoms with Crippen molar-refractivity contribution in [3.63, 3.8) is 0 Å². The number of piperidine rings is 1. The van der Waals surface area contributed by atoms with E-state index in [1.165, 1.54) is 0 Å². The van der Waals surface area contributed by atoms with E-state index in [1.54, 1.807) is 9.80 Å². The summed E-state index contributed by atoms with van der Waals surface area (Å²) in [5, 5.41) is 0. The molecule has 2 saturated heterocycles. The van der Waals surface area contributed by atoms with Crippen molar-refractivity contribution in [1.82, 2.24) is 9.80 Å². The molecule has 6 heteroatoms. The summed E-state index contributed by atoms with van der Waals surface area (Å²) in [6.07, 6.45) is 2.90. The highest BCUT2D eigenvalue weighted by Gasteiger charge is 2.43. The minimum absolute atomic E-state index is 0.0102. The monoisotopic (exact) mass is 454 g/mol. The molecule has 5 rings (SSSR count). The van der Waals surface area contributed by atoms with E-state index < -0.39 is 0 Å². The molecule has 2 aliphatic heterocycles.